The molecule has 1 fully saturated rings. The summed E-state index contributed by atoms with van der Waals surface area (Å²) in [6, 6.07) is 0. The van der Waals surface area contributed by atoms with Crippen LogP contribution in [0, 0.1) is 0 Å². The zero-order valence-corrected chi connectivity index (χ0v) is 10.2. The van der Waals surface area contributed by atoms with Crippen molar-refractivity contribution < 1.29 is 39.9 Å². The third-order valence-electron chi connectivity index (χ3n) is 2.39. The van der Waals surface area contributed by atoms with E-state index in [9.17, 15) is 35.1 Å². The molecule has 1 atom stereocenters. The number of hydrogen-bond acceptors (Lipinski definition) is 1. The van der Waals surface area contributed by atoms with Crippen molar-refractivity contribution in [2.24, 2.45) is 0 Å². The monoisotopic (exact) mass is 384 g/mol. The normalized spacial score (nSPS) is 27.2. The summed E-state index contributed by atoms with van der Waals surface area (Å²) in [5.74, 6) is -17.8. The maximum Gasteiger partial charge on any atom is 0.387 e. The molecule has 1 unspecified atom stereocenters. The van der Waals surface area contributed by atoms with Gasteiger partial charge >= 0.3 is 21.7 Å². The number of epoxide rings is 1. The molecule has 0 aromatic heterocycles. The predicted octanol–water partition coefficient (Wildman–Crippen LogP) is 3.71. The van der Waals surface area contributed by atoms with E-state index in [4.69, 9.17) is 0 Å². The minimum absolute atomic E-state index is 0.304. The van der Waals surface area contributed by atoms with E-state index >= 15 is 0 Å². The molecule has 1 saturated heterocycles. The Bertz CT molecular complexity index is 299. The molecule has 1 aliphatic heterocycles. The molecule has 0 N–H and O–H groups in total. The summed E-state index contributed by atoms with van der Waals surface area (Å²) < 4.78 is 101. The zero-order valence-electron chi connectivity index (χ0n) is 8.02. The van der Waals surface area contributed by atoms with Gasteiger partial charge in [0.05, 0.1) is 6.61 Å². The van der Waals surface area contributed by atoms with Gasteiger partial charge in [-0.1, -0.05) is 0 Å². The Kier molecular flexibility index (Phi) is 3.20. The van der Waals surface area contributed by atoms with E-state index in [1.54, 1.807) is 0 Å². The fourth-order valence-corrected chi connectivity index (χ4v) is 1.34. The molecule has 17 heavy (non-hydrogen) atoms. The summed E-state index contributed by atoms with van der Waals surface area (Å²) in [6.07, 6.45) is 0. The number of alkyl halides is 9. The molecule has 0 aromatic rings. The highest BCUT2D eigenvalue weighted by atomic mass is 127. The second-order valence-electron chi connectivity index (χ2n) is 3.74. The molecule has 0 amide bonds. The second-order valence-corrected chi connectivity index (χ2v) is 5.10. The molecule has 0 saturated carbocycles. The van der Waals surface area contributed by atoms with E-state index in [1.807, 2.05) is 0 Å². The van der Waals surface area contributed by atoms with Crippen molar-refractivity contribution in [1.29, 1.82) is 0 Å². The molecule has 1 rings (SSSR count). The molecule has 0 bridgehead atoms. The lowest BCUT2D eigenvalue weighted by molar-refractivity contribution is -0.354. The van der Waals surface area contributed by atoms with Gasteiger partial charge in [0.15, 0.2) is 5.60 Å². The van der Waals surface area contributed by atoms with E-state index < -0.39 is 33.9 Å². The first kappa shape index (κ1) is 15.2. The molecule has 1 aliphatic rings. The van der Waals surface area contributed by atoms with Crippen molar-refractivity contribution in [3.8, 4) is 0 Å². The van der Waals surface area contributed by atoms with Crippen LogP contribution in [0.1, 0.15) is 6.92 Å². The number of hydrogen-bond donors (Lipinski definition) is 0. The zero-order chi connectivity index (χ0) is 13.9. The highest BCUT2D eigenvalue weighted by Crippen LogP contribution is 2.60. The minimum Gasteiger partial charge on any atom is -0.363 e. The highest BCUT2D eigenvalue weighted by molar-refractivity contribution is 14.1. The lowest BCUT2D eigenvalue weighted by Gasteiger charge is -2.36. The minimum atomic E-state index is -6.23. The quantitative estimate of drug-likeness (QED) is 0.312. The van der Waals surface area contributed by atoms with Crippen LogP contribution in [0.2, 0.25) is 0 Å². The van der Waals surface area contributed by atoms with Gasteiger partial charge in [-0.05, 0) is 6.92 Å². The lowest BCUT2D eigenvalue weighted by Crippen LogP contribution is -2.64. The molecule has 0 aromatic carbocycles. The average Bonchev–Trinajstić information content (AvgIpc) is 2.82. The SMILES string of the molecule is CC1(C(F)(F)C(F)(F)C(F)(F)C(F)(F)I)CO1. The van der Waals surface area contributed by atoms with Crippen LogP contribution >= 0.6 is 22.6 Å². The van der Waals surface area contributed by atoms with Crippen LogP contribution in [0.15, 0.2) is 0 Å². The van der Waals surface area contributed by atoms with Crippen LogP contribution in [0.5, 0.6) is 0 Å². The second kappa shape index (κ2) is 3.58. The molecule has 102 valence electrons. The van der Waals surface area contributed by atoms with Crippen LogP contribution in [-0.4, -0.2) is 33.9 Å². The van der Waals surface area contributed by atoms with Crippen molar-refractivity contribution in [3.05, 3.63) is 0 Å². The van der Waals surface area contributed by atoms with Crippen LogP contribution in [-0.2, 0) is 4.74 Å². The Hall–Kier alpha value is 0.130. The van der Waals surface area contributed by atoms with Gasteiger partial charge in [0, 0.05) is 22.6 Å². The highest BCUT2D eigenvalue weighted by Gasteiger charge is 2.86. The van der Waals surface area contributed by atoms with Gasteiger partial charge in [-0.3, -0.25) is 0 Å². The third-order valence-corrected chi connectivity index (χ3v) is 3.06. The van der Waals surface area contributed by atoms with Gasteiger partial charge < -0.3 is 4.74 Å². The Balaban J connectivity index is 3.19. The fraction of sp³-hybridized carbons (Fsp3) is 1.00. The molecule has 1 nitrogen and oxygen atoms in total. The van der Waals surface area contributed by atoms with Gasteiger partial charge in [0.2, 0.25) is 0 Å². The van der Waals surface area contributed by atoms with Crippen LogP contribution < -0.4 is 0 Å². The average molecular weight is 384 g/mol. The summed E-state index contributed by atoms with van der Waals surface area (Å²) in [5.41, 5.74) is -2.85. The van der Waals surface area contributed by atoms with E-state index in [0.717, 1.165) is 0 Å². The van der Waals surface area contributed by atoms with E-state index in [0.29, 0.717) is 6.92 Å². The van der Waals surface area contributed by atoms with E-state index in [-0.39, 0.29) is 22.6 Å². The summed E-state index contributed by atoms with van der Waals surface area (Å²) in [4.78, 5) is 0. The van der Waals surface area contributed by atoms with Gasteiger partial charge in [-0.2, -0.15) is 35.1 Å². The van der Waals surface area contributed by atoms with Crippen molar-refractivity contribution in [1.82, 2.24) is 0 Å². The van der Waals surface area contributed by atoms with Gasteiger partial charge in [-0.25, -0.2) is 0 Å². The topological polar surface area (TPSA) is 12.5 Å². The van der Waals surface area contributed by atoms with Crippen molar-refractivity contribution in [3.63, 3.8) is 0 Å². The van der Waals surface area contributed by atoms with Crippen LogP contribution in [0.4, 0.5) is 35.1 Å². The van der Waals surface area contributed by atoms with E-state index in [1.165, 1.54) is 0 Å². The maximum absolute atomic E-state index is 13.1. The van der Waals surface area contributed by atoms with Crippen LogP contribution in [0.3, 0.4) is 0 Å². The molecular weight excluding hydrogens is 379 g/mol. The number of halogens is 9. The summed E-state index contributed by atoms with van der Waals surface area (Å²) >= 11 is -0.304. The van der Waals surface area contributed by atoms with E-state index in [2.05, 4.69) is 4.74 Å². The third kappa shape index (κ3) is 1.90. The Morgan fingerprint density at radius 1 is 0.941 bits per heavy atom. The Labute approximate surface area is 104 Å². The molecule has 0 spiro atoms. The Morgan fingerprint density at radius 2 is 1.29 bits per heavy atom. The lowest BCUT2D eigenvalue weighted by atomic mass is 9.94. The fourth-order valence-electron chi connectivity index (χ4n) is 0.997. The van der Waals surface area contributed by atoms with Crippen molar-refractivity contribution >= 4 is 22.6 Å². The predicted molar refractivity (Wildman–Crippen MR) is 48.2 cm³/mol. The first-order valence-electron chi connectivity index (χ1n) is 4.05. The largest absolute Gasteiger partial charge is 0.387 e. The number of ether oxygens (including phenoxy) is 1. The first-order valence-corrected chi connectivity index (χ1v) is 5.13. The summed E-state index contributed by atoms with van der Waals surface area (Å²) in [5, 5.41) is 0. The van der Waals surface area contributed by atoms with Gasteiger partial charge in [-0.15, -0.1) is 0 Å². The van der Waals surface area contributed by atoms with Crippen molar-refractivity contribution in [2.45, 2.75) is 34.2 Å². The summed E-state index contributed by atoms with van der Waals surface area (Å²) in [7, 11) is 0. The standard InChI is InChI=1S/C7H5F8IO/c1-3(2-17-3)4(8,9)5(10,11)6(12,13)7(14,15)16/h2H2,1H3. The van der Waals surface area contributed by atoms with Gasteiger partial charge in [0.1, 0.15) is 0 Å². The van der Waals surface area contributed by atoms with Crippen LogP contribution in [0.25, 0.3) is 0 Å². The maximum atomic E-state index is 13.1. The van der Waals surface area contributed by atoms with Crippen molar-refractivity contribution in [2.75, 3.05) is 6.61 Å². The number of rotatable bonds is 4. The Morgan fingerprint density at radius 3 is 1.53 bits per heavy atom. The molecule has 1 heterocycles. The molecule has 10 heteroatoms. The smallest absolute Gasteiger partial charge is 0.363 e. The molecule has 0 radical (unpaired) electrons. The summed E-state index contributed by atoms with van der Waals surface area (Å²) in [6.45, 7) is -0.458. The van der Waals surface area contributed by atoms with Gasteiger partial charge in [0.25, 0.3) is 0 Å². The first-order chi connectivity index (χ1) is 7.21. The molecule has 0 aliphatic carbocycles. The molecular formula is C7H5F8IO.